The monoisotopic (exact) mass is 285 g/mol. The number of allylic oxidation sites excluding steroid dienone is 1. The fourth-order valence-corrected chi connectivity index (χ4v) is 2.05. The predicted molar refractivity (Wildman–Crippen MR) is 82.4 cm³/mol. The quantitative estimate of drug-likeness (QED) is 0.829. The fraction of sp³-hybridized carbons (Fsp3) is 0.375. The van der Waals surface area contributed by atoms with Gasteiger partial charge in [0.25, 0.3) is 0 Å². The summed E-state index contributed by atoms with van der Waals surface area (Å²) in [4.78, 5) is 11.8. The van der Waals surface area contributed by atoms with Crippen LogP contribution in [0.15, 0.2) is 29.8 Å². The molecule has 0 unspecified atom stereocenters. The van der Waals surface area contributed by atoms with E-state index in [1.807, 2.05) is 38.1 Å². The standard InChI is InChI=1S/C16H19N3O2/c1-10(2)7-8-21-12-5-6-13-14(9-12)18-19-15(13)17-16(20)11-3-4-11/h5-7,9,11H,3-4,8H2,1-2H3,(H2,17,18,19,20). The summed E-state index contributed by atoms with van der Waals surface area (Å²) in [5.74, 6) is 1.61. The summed E-state index contributed by atoms with van der Waals surface area (Å²) in [6, 6.07) is 5.70. The largest absolute Gasteiger partial charge is 0.489 e. The van der Waals surface area contributed by atoms with Crippen molar-refractivity contribution in [2.24, 2.45) is 5.92 Å². The van der Waals surface area contributed by atoms with E-state index in [1.165, 1.54) is 5.57 Å². The van der Waals surface area contributed by atoms with E-state index in [2.05, 4.69) is 15.5 Å². The van der Waals surface area contributed by atoms with E-state index >= 15 is 0 Å². The van der Waals surface area contributed by atoms with Crippen molar-refractivity contribution in [2.45, 2.75) is 26.7 Å². The van der Waals surface area contributed by atoms with Crippen LogP contribution in [0.3, 0.4) is 0 Å². The molecular weight excluding hydrogens is 266 g/mol. The molecule has 2 N–H and O–H groups in total. The Morgan fingerprint density at radius 3 is 3.00 bits per heavy atom. The van der Waals surface area contributed by atoms with E-state index in [9.17, 15) is 4.79 Å². The van der Waals surface area contributed by atoms with Gasteiger partial charge in [-0.15, -0.1) is 0 Å². The Hall–Kier alpha value is -2.30. The Labute approximate surface area is 123 Å². The van der Waals surface area contributed by atoms with Crippen LogP contribution in [0.2, 0.25) is 0 Å². The molecule has 5 heteroatoms. The average molecular weight is 285 g/mol. The van der Waals surface area contributed by atoms with Gasteiger partial charge in [-0.25, -0.2) is 0 Å². The van der Waals surface area contributed by atoms with Crippen molar-refractivity contribution >= 4 is 22.6 Å². The van der Waals surface area contributed by atoms with E-state index in [4.69, 9.17) is 4.74 Å². The molecule has 1 saturated carbocycles. The number of carbonyl (C=O) groups excluding carboxylic acids is 1. The number of amides is 1. The van der Waals surface area contributed by atoms with E-state index in [1.54, 1.807) is 0 Å². The number of nitrogens with one attached hydrogen (secondary N) is 2. The van der Waals surface area contributed by atoms with Gasteiger partial charge in [0.15, 0.2) is 5.82 Å². The molecule has 5 nitrogen and oxygen atoms in total. The normalized spacial score (nSPS) is 14.0. The number of nitrogens with zero attached hydrogens (tertiary/aromatic N) is 1. The zero-order valence-corrected chi connectivity index (χ0v) is 12.3. The lowest BCUT2D eigenvalue weighted by Gasteiger charge is -2.04. The molecular formula is C16H19N3O2. The number of hydrogen-bond donors (Lipinski definition) is 2. The molecule has 3 rings (SSSR count). The molecule has 1 aromatic carbocycles. The molecule has 1 aliphatic carbocycles. The van der Waals surface area contributed by atoms with Crippen LogP contribution >= 0.6 is 0 Å². The Bertz CT molecular complexity index is 695. The molecule has 2 aromatic rings. The first-order chi connectivity index (χ1) is 10.1. The van der Waals surface area contributed by atoms with E-state index in [0.29, 0.717) is 12.4 Å². The van der Waals surface area contributed by atoms with Crippen LogP contribution in [0.5, 0.6) is 5.75 Å². The molecule has 0 bridgehead atoms. The number of rotatable bonds is 5. The minimum Gasteiger partial charge on any atom is -0.489 e. The summed E-state index contributed by atoms with van der Waals surface area (Å²) in [7, 11) is 0. The van der Waals surface area contributed by atoms with Crippen molar-refractivity contribution in [2.75, 3.05) is 11.9 Å². The number of carbonyl (C=O) groups is 1. The summed E-state index contributed by atoms with van der Waals surface area (Å²) in [5, 5.41) is 10.9. The summed E-state index contributed by atoms with van der Waals surface area (Å²) in [6.45, 7) is 4.62. The summed E-state index contributed by atoms with van der Waals surface area (Å²) < 4.78 is 5.65. The molecule has 0 radical (unpaired) electrons. The van der Waals surface area contributed by atoms with Gasteiger partial charge in [-0.05, 0) is 44.9 Å². The van der Waals surface area contributed by atoms with Crippen molar-refractivity contribution < 1.29 is 9.53 Å². The summed E-state index contributed by atoms with van der Waals surface area (Å²) >= 11 is 0. The Balaban J connectivity index is 1.73. The third kappa shape index (κ3) is 3.24. The zero-order chi connectivity index (χ0) is 14.8. The molecule has 1 heterocycles. The fourth-order valence-electron chi connectivity index (χ4n) is 2.05. The maximum atomic E-state index is 11.8. The van der Waals surface area contributed by atoms with Gasteiger partial charge in [-0.2, -0.15) is 5.10 Å². The van der Waals surface area contributed by atoms with Crippen LogP contribution in [-0.2, 0) is 4.79 Å². The topological polar surface area (TPSA) is 67.0 Å². The lowest BCUT2D eigenvalue weighted by Crippen LogP contribution is -2.13. The smallest absolute Gasteiger partial charge is 0.228 e. The number of aromatic nitrogens is 2. The molecule has 0 spiro atoms. The first-order valence-corrected chi connectivity index (χ1v) is 7.18. The van der Waals surface area contributed by atoms with Crippen LogP contribution < -0.4 is 10.1 Å². The van der Waals surface area contributed by atoms with Gasteiger partial charge in [-0.1, -0.05) is 5.57 Å². The summed E-state index contributed by atoms with van der Waals surface area (Å²) in [6.07, 6.45) is 3.99. The molecule has 1 aliphatic rings. The van der Waals surface area contributed by atoms with Crippen molar-refractivity contribution in [1.29, 1.82) is 0 Å². The average Bonchev–Trinajstić information content (AvgIpc) is 3.22. The molecule has 1 aromatic heterocycles. The highest BCUT2D eigenvalue weighted by atomic mass is 16.5. The number of benzene rings is 1. The second-order valence-corrected chi connectivity index (χ2v) is 5.64. The second kappa shape index (κ2) is 5.60. The lowest BCUT2D eigenvalue weighted by atomic mass is 10.2. The molecule has 1 fully saturated rings. The molecule has 0 atom stereocenters. The number of fused-ring (bicyclic) bond motifs is 1. The van der Waals surface area contributed by atoms with Gasteiger partial charge in [0.1, 0.15) is 12.4 Å². The molecule has 1 amide bonds. The Kier molecular flexibility index (Phi) is 3.64. The lowest BCUT2D eigenvalue weighted by molar-refractivity contribution is -0.117. The highest BCUT2D eigenvalue weighted by Gasteiger charge is 2.30. The SMILES string of the molecule is CC(C)=CCOc1ccc2c(NC(=O)C3CC3)n[nH]c2c1. The second-order valence-electron chi connectivity index (χ2n) is 5.64. The number of ether oxygens (including phenoxy) is 1. The van der Waals surface area contributed by atoms with Crippen molar-refractivity contribution in [3.8, 4) is 5.75 Å². The van der Waals surface area contributed by atoms with Crippen LogP contribution in [0, 0.1) is 5.92 Å². The van der Waals surface area contributed by atoms with Gasteiger partial charge in [-0.3, -0.25) is 9.89 Å². The number of H-pyrrole nitrogens is 1. The van der Waals surface area contributed by atoms with Gasteiger partial charge in [0, 0.05) is 17.4 Å². The van der Waals surface area contributed by atoms with Crippen LogP contribution in [-0.4, -0.2) is 22.7 Å². The molecule has 21 heavy (non-hydrogen) atoms. The van der Waals surface area contributed by atoms with Crippen molar-refractivity contribution in [3.63, 3.8) is 0 Å². The first-order valence-electron chi connectivity index (χ1n) is 7.18. The van der Waals surface area contributed by atoms with Gasteiger partial charge in [0.2, 0.25) is 5.91 Å². The molecule has 110 valence electrons. The maximum absolute atomic E-state index is 11.8. The van der Waals surface area contributed by atoms with Crippen molar-refractivity contribution in [3.05, 3.63) is 29.8 Å². The Morgan fingerprint density at radius 1 is 1.48 bits per heavy atom. The van der Waals surface area contributed by atoms with Gasteiger partial charge < -0.3 is 10.1 Å². The van der Waals surface area contributed by atoms with Crippen molar-refractivity contribution in [1.82, 2.24) is 10.2 Å². The summed E-state index contributed by atoms with van der Waals surface area (Å²) in [5.41, 5.74) is 2.08. The molecule has 0 aliphatic heterocycles. The predicted octanol–water partition coefficient (Wildman–Crippen LogP) is 3.26. The highest BCUT2D eigenvalue weighted by Crippen LogP contribution is 2.31. The van der Waals surface area contributed by atoms with Crippen LogP contribution in [0.4, 0.5) is 5.82 Å². The van der Waals surface area contributed by atoms with Gasteiger partial charge >= 0.3 is 0 Å². The van der Waals surface area contributed by atoms with E-state index in [0.717, 1.165) is 29.5 Å². The number of anilines is 1. The Morgan fingerprint density at radius 2 is 2.29 bits per heavy atom. The number of hydrogen-bond acceptors (Lipinski definition) is 3. The third-order valence-corrected chi connectivity index (χ3v) is 3.47. The first kappa shape index (κ1) is 13.7. The maximum Gasteiger partial charge on any atom is 0.228 e. The van der Waals surface area contributed by atoms with Gasteiger partial charge in [0.05, 0.1) is 5.52 Å². The number of aromatic amines is 1. The van der Waals surface area contributed by atoms with E-state index in [-0.39, 0.29) is 11.8 Å². The minimum absolute atomic E-state index is 0.0623. The van der Waals surface area contributed by atoms with Crippen LogP contribution in [0.1, 0.15) is 26.7 Å². The zero-order valence-electron chi connectivity index (χ0n) is 12.3. The van der Waals surface area contributed by atoms with Crippen LogP contribution in [0.25, 0.3) is 10.9 Å². The molecule has 0 saturated heterocycles. The highest BCUT2D eigenvalue weighted by molar-refractivity contribution is 6.01. The third-order valence-electron chi connectivity index (χ3n) is 3.47. The minimum atomic E-state index is 0.0623. The van der Waals surface area contributed by atoms with E-state index < -0.39 is 0 Å².